The van der Waals surface area contributed by atoms with E-state index >= 15 is 0 Å². The van der Waals surface area contributed by atoms with Crippen LogP contribution in [0.2, 0.25) is 0 Å². The van der Waals surface area contributed by atoms with Crippen LogP contribution in [0, 0.1) is 0 Å². The van der Waals surface area contributed by atoms with Crippen molar-refractivity contribution in [3.8, 4) is 0 Å². The highest BCUT2D eigenvalue weighted by atomic mass is 32.2. The van der Waals surface area contributed by atoms with Crippen molar-refractivity contribution >= 4 is 10.1 Å². The maximum Gasteiger partial charge on any atom is 0.102 e. The third-order valence-electron chi connectivity index (χ3n) is 2.75. The van der Waals surface area contributed by atoms with Gasteiger partial charge in [0.2, 0.25) is 0 Å². The predicted octanol–water partition coefficient (Wildman–Crippen LogP) is -2.28. The van der Waals surface area contributed by atoms with Crippen LogP contribution in [0.3, 0.4) is 0 Å². The van der Waals surface area contributed by atoms with E-state index in [1.54, 1.807) is 0 Å². The number of aliphatic hydroxyl groups is 3. The average molecular weight is 271 g/mol. The molecule has 0 fully saturated rings. The van der Waals surface area contributed by atoms with Gasteiger partial charge in [-0.3, -0.25) is 0 Å². The van der Waals surface area contributed by atoms with E-state index in [1.807, 2.05) is 0 Å². The lowest BCUT2D eigenvalue weighted by Crippen LogP contribution is -2.54. The second kappa shape index (κ2) is 7.96. The van der Waals surface area contributed by atoms with Gasteiger partial charge < -0.3 is 24.4 Å². The predicted molar refractivity (Wildman–Crippen MR) is 60.2 cm³/mol. The zero-order valence-electron chi connectivity index (χ0n) is 9.79. The van der Waals surface area contributed by atoms with E-state index in [0.29, 0.717) is 26.2 Å². The van der Waals surface area contributed by atoms with Gasteiger partial charge in [-0.05, 0) is 0 Å². The Kier molecular flexibility index (Phi) is 7.84. The van der Waals surface area contributed by atoms with Crippen LogP contribution in [0.5, 0.6) is 0 Å². The summed E-state index contributed by atoms with van der Waals surface area (Å²) in [5.41, 5.74) is 0. The van der Waals surface area contributed by atoms with E-state index in [-0.39, 0.29) is 30.7 Å². The first kappa shape index (κ1) is 16.8. The zero-order valence-corrected chi connectivity index (χ0v) is 10.6. The van der Waals surface area contributed by atoms with E-state index < -0.39 is 15.9 Å². The molecular weight excluding hydrogens is 250 g/mol. The third kappa shape index (κ3) is 7.63. The molecule has 0 unspecified atom stereocenters. The number of hydrogen-bond donors (Lipinski definition) is 3. The minimum Gasteiger partial charge on any atom is -0.748 e. The summed E-state index contributed by atoms with van der Waals surface area (Å²) in [5, 5.41) is 26.9. The van der Waals surface area contributed by atoms with Gasteiger partial charge >= 0.3 is 0 Å². The van der Waals surface area contributed by atoms with Crippen molar-refractivity contribution in [2.24, 2.45) is 0 Å². The van der Waals surface area contributed by atoms with Crippen LogP contribution in [0.4, 0.5) is 0 Å². The van der Waals surface area contributed by atoms with Crippen molar-refractivity contribution < 1.29 is 32.8 Å². The molecule has 0 bridgehead atoms. The molecule has 0 aliphatic carbocycles. The molecule has 7 nitrogen and oxygen atoms in total. The summed E-state index contributed by atoms with van der Waals surface area (Å²) in [6, 6.07) is 0. The number of quaternary nitrogens is 1. The van der Waals surface area contributed by atoms with Crippen LogP contribution in [0.15, 0.2) is 0 Å². The summed E-state index contributed by atoms with van der Waals surface area (Å²) in [5.74, 6) is -0.463. The Bertz CT molecular complexity index is 275. The smallest absolute Gasteiger partial charge is 0.102 e. The van der Waals surface area contributed by atoms with Crippen molar-refractivity contribution in [3.63, 3.8) is 0 Å². The first-order valence-corrected chi connectivity index (χ1v) is 7.08. The van der Waals surface area contributed by atoms with Crippen LogP contribution in [-0.2, 0) is 10.1 Å². The number of nitrogens with zero attached hydrogens (tertiary/aromatic N) is 1. The highest BCUT2D eigenvalue weighted by molar-refractivity contribution is 7.85. The third-order valence-corrected chi connectivity index (χ3v) is 3.54. The Morgan fingerprint density at radius 2 is 1.29 bits per heavy atom. The maximum atomic E-state index is 10.5. The molecule has 0 saturated heterocycles. The van der Waals surface area contributed by atoms with E-state index in [9.17, 15) is 13.0 Å². The normalized spacial score (nSPS) is 12.9. The Morgan fingerprint density at radius 3 is 1.59 bits per heavy atom. The van der Waals surface area contributed by atoms with E-state index in [4.69, 9.17) is 15.3 Å². The minimum atomic E-state index is -4.24. The summed E-state index contributed by atoms with van der Waals surface area (Å²) >= 11 is 0. The molecule has 8 heteroatoms. The van der Waals surface area contributed by atoms with Crippen molar-refractivity contribution in [2.45, 2.75) is 6.42 Å². The average Bonchev–Trinajstić information content (AvgIpc) is 2.16. The van der Waals surface area contributed by atoms with Crippen LogP contribution < -0.4 is 0 Å². The molecule has 104 valence electrons. The van der Waals surface area contributed by atoms with Gasteiger partial charge in [-0.25, -0.2) is 8.42 Å². The van der Waals surface area contributed by atoms with Gasteiger partial charge in [0, 0.05) is 12.2 Å². The fraction of sp³-hybridized carbons (Fsp3) is 1.00. The van der Waals surface area contributed by atoms with Crippen LogP contribution >= 0.6 is 0 Å². The van der Waals surface area contributed by atoms with Crippen molar-refractivity contribution in [1.82, 2.24) is 0 Å². The fourth-order valence-electron chi connectivity index (χ4n) is 1.88. The summed E-state index contributed by atoms with van der Waals surface area (Å²) in [6.45, 7) is 0.932. The van der Waals surface area contributed by atoms with Gasteiger partial charge in [0.1, 0.15) is 19.6 Å². The lowest BCUT2D eigenvalue weighted by atomic mass is 10.3. The molecule has 0 heterocycles. The largest absolute Gasteiger partial charge is 0.748 e. The van der Waals surface area contributed by atoms with Gasteiger partial charge in [0.25, 0.3) is 0 Å². The molecule has 0 aromatic carbocycles. The maximum absolute atomic E-state index is 10.5. The van der Waals surface area contributed by atoms with Crippen molar-refractivity contribution in [1.29, 1.82) is 0 Å². The molecule has 0 amide bonds. The van der Waals surface area contributed by atoms with Gasteiger partial charge in [0.05, 0.1) is 36.5 Å². The summed E-state index contributed by atoms with van der Waals surface area (Å²) in [4.78, 5) is 0. The molecule has 17 heavy (non-hydrogen) atoms. The Hall–Kier alpha value is -0.250. The first-order chi connectivity index (χ1) is 7.89. The van der Waals surface area contributed by atoms with Gasteiger partial charge in [-0.1, -0.05) is 0 Å². The Balaban J connectivity index is 4.43. The quantitative estimate of drug-likeness (QED) is 0.304. The monoisotopic (exact) mass is 271 g/mol. The minimum absolute atomic E-state index is 0.121. The second-order valence-electron chi connectivity index (χ2n) is 4.02. The van der Waals surface area contributed by atoms with Gasteiger partial charge in [0.15, 0.2) is 0 Å². The first-order valence-electron chi connectivity index (χ1n) is 5.50. The molecule has 0 aromatic rings. The molecule has 0 aliphatic rings. The molecule has 0 radical (unpaired) electrons. The number of aliphatic hydroxyl groups excluding tert-OH is 3. The van der Waals surface area contributed by atoms with Gasteiger partial charge in [-0.15, -0.1) is 0 Å². The van der Waals surface area contributed by atoms with Gasteiger partial charge in [-0.2, -0.15) is 0 Å². The van der Waals surface area contributed by atoms with Crippen molar-refractivity contribution in [2.75, 3.05) is 51.8 Å². The molecule has 0 aliphatic heterocycles. The summed E-state index contributed by atoms with van der Waals surface area (Å²) in [6.07, 6.45) is 0.159. The molecule has 0 saturated carbocycles. The van der Waals surface area contributed by atoms with Crippen molar-refractivity contribution in [3.05, 3.63) is 0 Å². The van der Waals surface area contributed by atoms with E-state index in [2.05, 4.69) is 0 Å². The lowest BCUT2D eigenvalue weighted by molar-refractivity contribution is -0.928. The van der Waals surface area contributed by atoms with Crippen LogP contribution in [0.25, 0.3) is 0 Å². The molecule has 3 N–H and O–H groups in total. The Morgan fingerprint density at radius 1 is 0.882 bits per heavy atom. The highest BCUT2D eigenvalue weighted by Gasteiger charge is 2.25. The molecule has 0 atom stereocenters. The fourth-order valence-corrected chi connectivity index (χ4v) is 2.37. The van der Waals surface area contributed by atoms with E-state index in [1.165, 1.54) is 0 Å². The lowest BCUT2D eigenvalue weighted by Gasteiger charge is -2.37. The molecule has 0 rings (SSSR count). The molecule has 0 spiro atoms. The Labute approximate surface area is 102 Å². The zero-order chi connectivity index (χ0) is 13.4. The standard InChI is InChI=1S/C9H21NO6S/c11-6-3-10(4-7-12,5-8-13)2-1-9-17(14,15)16/h11-13H,1-9H2. The summed E-state index contributed by atoms with van der Waals surface area (Å²) < 4.78 is 31.7. The topological polar surface area (TPSA) is 118 Å². The summed E-state index contributed by atoms with van der Waals surface area (Å²) in [7, 11) is -4.24. The second-order valence-corrected chi connectivity index (χ2v) is 5.55. The highest BCUT2D eigenvalue weighted by Crippen LogP contribution is 2.08. The molecule has 0 aromatic heterocycles. The number of hydrogen-bond acceptors (Lipinski definition) is 6. The van der Waals surface area contributed by atoms with E-state index in [0.717, 1.165) is 0 Å². The van der Waals surface area contributed by atoms with Crippen LogP contribution in [-0.4, -0.2) is 84.5 Å². The SMILES string of the molecule is O=S(=O)([O-])CCC[N+](CCO)(CCO)CCO. The number of rotatable bonds is 10. The molecular formula is C9H21NO6S. The van der Waals surface area contributed by atoms with Crippen LogP contribution in [0.1, 0.15) is 6.42 Å².